The van der Waals surface area contributed by atoms with Gasteiger partial charge < -0.3 is 10.2 Å². The van der Waals surface area contributed by atoms with Crippen LogP contribution < -0.4 is 0 Å². The third-order valence-electron chi connectivity index (χ3n) is 0. The summed E-state index contributed by atoms with van der Waals surface area (Å²) in [4.78, 5) is 8.56. The number of rotatable bonds is 0. The van der Waals surface area contributed by atoms with Crippen molar-refractivity contribution in [1.82, 2.24) is 0 Å². The molecule has 0 heterocycles. The van der Waals surface area contributed by atoms with Gasteiger partial charge in [-0.1, -0.05) is 0 Å². The monoisotopic (exact) mass is 545 g/mol. The molecule has 8 heteroatoms. The maximum atomic E-state index is 8.56. The van der Waals surface area contributed by atoms with Gasteiger partial charge in [0.1, 0.15) is 0 Å². The van der Waals surface area contributed by atoms with E-state index in [2.05, 4.69) is 0 Å². The van der Waals surface area contributed by atoms with Crippen LogP contribution in [0.5, 0.6) is 0 Å². The van der Waals surface area contributed by atoms with Crippen LogP contribution in [0.4, 0.5) is 9.50 Å². The largest absolute Gasteiger partial charge is 0 e. The topological polar surface area (TPSA) is 57.5 Å². The van der Waals surface area contributed by atoms with Gasteiger partial charge in [-0.15, -0.1) is 0 Å². The Morgan fingerprint density at radius 1 is 1.22 bits per heavy atom. The summed E-state index contributed by atoms with van der Waals surface area (Å²) in [5.41, 5.74) is 0. The van der Waals surface area contributed by atoms with E-state index in [0.717, 1.165) is 0 Å². The molecule has 0 unspecified atom stereocenters. The van der Waals surface area contributed by atoms with Crippen molar-refractivity contribution in [3.8, 4) is 0 Å². The first-order valence-corrected chi connectivity index (χ1v) is 0.651. The van der Waals surface area contributed by atoms with Crippen LogP contribution in [0.15, 0.2) is 0 Å². The van der Waals surface area contributed by atoms with Gasteiger partial charge in [-0.2, -0.15) is 0 Å². The molecule has 0 aromatic rings. The van der Waals surface area contributed by atoms with Crippen LogP contribution in [0.2, 0.25) is 0 Å². The molecule has 1 radical (unpaired) electrons. The van der Waals surface area contributed by atoms with E-state index in [1.165, 1.54) is 0 Å². The molecule has 0 aliphatic rings. The Kier molecular flexibility index (Phi) is 123. The van der Waals surface area contributed by atoms with E-state index in [1.54, 1.807) is 0 Å². The van der Waals surface area contributed by atoms with E-state index in [1.807, 2.05) is 0 Å². The van der Waals surface area contributed by atoms with Gasteiger partial charge in [0.05, 0.1) is 0 Å². The molecule has 0 amide bonds. The predicted molar refractivity (Wildman–Crippen MR) is 21.7 cm³/mol. The third kappa shape index (κ3) is 69.5. The third-order valence-corrected chi connectivity index (χ3v) is 0. The fourth-order valence-corrected chi connectivity index (χ4v) is 0. The second kappa shape index (κ2) is 29.4. The molecule has 9 heavy (non-hydrogen) atoms. The molecule has 0 atom stereocenters. The van der Waals surface area contributed by atoms with E-state index in [-0.39, 0.29) is 161 Å². The summed E-state index contributed by atoms with van der Waals surface area (Å²) in [6, 6.07) is 0. The van der Waals surface area contributed by atoms with E-state index in [4.69, 9.17) is 15.0 Å². The van der Waals surface area contributed by atoms with Gasteiger partial charge >= 0.3 is 43.9 Å². The summed E-state index contributed by atoms with van der Waals surface area (Å²) in [5.74, 6) is 0. The summed E-state index contributed by atoms with van der Waals surface area (Å²) in [6.45, 7) is 0. The first-order valence-electron chi connectivity index (χ1n) is 0.651. The second-order valence-corrected chi connectivity index (χ2v) is 0.283. The van der Waals surface area contributed by atoms with Crippen molar-refractivity contribution in [1.29, 1.82) is 0 Å². The fourth-order valence-electron chi connectivity index (χ4n) is 0. The molecule has 0 aliphatic carbocycles. The van der Waals surface area contributed by atoms with Crippen LogP contribution in [-0.4, -0.2) is 54.1 Å². The van der Waals surface area contributed by atoms with E-state index in [9.17, 15) is 0 Å². The summed E-state index contributed by atoms with van der Waals surface area (Å²) in [7, 11) is 0. The first kappa shape index (κ1) is 37.6. The second-order valence-electron chi connectivity index (χ2n) is 0.283. The minimum Gasteiger partial charge on any atom is 0 e. The number of hydrogen-bond donors (Lipinski definition) is 2. The molecular formula is CH5CaCeFLaNdO3. The minimum absolute atomic E-state index is 0. The molecule has 0 saturated carbocycles. The summed E-state index contributed by atoms with van der Waals surface area (Å²) < 4.78 is 0. The molecule has 0 aliphatic heterocycles. The normalized spacial score (nSPS) is 2.67. The Bertz CT molecular complexity index is 46.8. The maximum Gasteiger partial charge on any atom is 0 e. The van der Waals surface area contributed by atoms with E-state index in [0.29, 0.717) is 0 Å². The predicted octanol–water partition coefficient (Wildman–Crippen LogP) is -0.541. The van der Waals surface area contributed by atoms with Gasteiger partial charge in [-0.3, -0.25) is 4.70 Å². The molecule has 0 spiro atoms. The van der Waals surface area contributed by atoms with Gasteiger partial charge in [-0.05, 0) is 0 Å². The Hall–Kier alpha value is 4.38. The zero-order chi connectivity index (χ0) is 3.58. The van der Waals surface area contributed by atoms with E-state index >= 15 is 0 Å². The number of carboxylic acid groups (broad SMARTS) is 2. The Balaban J connectivity index is -0.00000000450. The van der Waals surface area contributed by atoms with Gasteiger partial charge in [-0.25, -0.2) is 4.79 Å². The van der Waals surface area contributed by atoms with Gasteiger partial charge in [0.2, 0.25) is 0 Å². The Morgan fingerprint density at radius 3 is 1.22 bits per heavy atom. The summed E-state index contributed by atoms with van der Waals surface area (Å²) in [6.07, 6.45) is -1.83. The number of carbonyl (C=O) groups is 1. The fraction of sp³-hybridized carbons (Fsp3) is 0. The van der Waals surface area contributed by atoms with Crippen molar-refractivity contribution in [2.45, 2.75) is 0 Å². The van der Waals surface area contributed by atoms with Crippen molar-refractivity contribution in [3.63, 3.8) is 0 Å². The van der Waals surface area contributed by atoms with E-state index < -0.39 is 6.16 Å². The van der Waals surface area contributed by atoms with Crippen LogP contribution >= 0.6 is 0 Å². The maximum absolute atomic E-state index is 8.56. The van der Waals surface area contributed by atoms with Crippen LogP contribution in [0.1, 0.15) is 0 Å². The van der Waals surface area contributed by atoms with Gasteiger partial charge in [0, 0.05) is 118 Å². The Morgan fingerprint density at radius 2 is 1.22 bits per heavy atom. The van der Waals surface area contributed by atoms with Crippen LogP contribution in [0.3, 0.4) is 0 Å². The molecule has 0 aromatic heterocycles. The van der Waals surface area contributed by atoms with Crippen molar-refractivity contribution in [2.24, 2.45) is 0 Å². The van der Waals surface area contributed by atoms with Crippen LogP contribution in [0, 0.1) is 118 Å². The quantitative estimate of drug-likeness (QED) is 0.401. The molecular weight excluding hydrogens is 542 g/mol. The van der Waals surface area contributed by atoms with Crippen molar-refractivity contribution < 1.29 is 138 Å². The summed E-state index contributed by atoms with van der Waals surface area (Å²) >= 11 is 0. The van der Waals surface area contributed by atoms with Crippen molar-refractivity contribution in [3.05, 3.63) is 0 Å². The van der Waals surface area contributed by atoms with Gasteiger partial charge in [0.25, 0.3) is 0 Å². The Labute approximate surface area is 176 Å². The van der Waals surface area contributed by atoms with Crippen molar-refractivity contribution in [2.75, 3.05) is 0 Å². The van der Waals surface area contributed by atoms with Crippen LogP contribution in [-0.2, 0) is 0 Å². The average Bonchev–Trinajstić information content (AvgIpc) is 0.811. The molecule has 47 valence electrons. The first-order chi connectivity index (χ1) is 1.73. The van der Waals surface area contributed by atoms with Crippen LogP contribution in [0.25, 0.3) is 0 Å². The molecule has 0 saturated heterocycles. The molecule has 0 aromatic carbocycles. The zero-order valence-corrected chi connectivity index (χ0v) is 13.8. The molecule has 3 nitrogen and oxygen atoms in total. The molecule has 0 rings (SSSR count). The number of halogens is 1. The zero-order valence-electron chi connectivity index (χ0n) is 3.79. The smallest absolute Gasteiger partial charge is 0 e. The average molecular weight is 547 g/mol. The summed E-state index contributed by atoms with van der Waals surface area (Å²) in [5, 5.41) is 13.9. The standard InChI is InChI=1S/CH2O3.Ca.Ce.FH.La.Nd.2H/c2-1(3)4;;;;;;;/h(H2,2,3,4);;;1H;;;;. The molecule has 0 bridgehead atoms. The number of hydrogen-bond acceptors (Lipinski definition) is 1. The molecule has 2 N–H and O–H groups in total. The SMILES string of the molecule is F.O=C(O)O.[CaH2].[Ce].[La].[Nd]. The molecule has 0 fully saturated rings. The van der Waals surface area contributed by atoms with Gasteiger partial charge in [0.15, 0.2) is 0 Å². The minimum atomic E-state index is -1.83. The van der Waals surface area contributed by atoms with Crippen molar-refractivity contribution >= 4 is 43.9 Å².